The quantitative estimate of drug-likeness (QED) is 0.798. The summed E-state index contributed by atoms with van der Waals surface area (Å²) in [4.78, 5) is 16.0. The first kappa shape index (κ1) is 18.7. The molecule has 7 heteroatoms. The lowest BCUT2D eigenvalue weighted by molar-refractivity contribution is 0.0390. The molecule has 1 aliphatic rings. The number of rotatable bonds is 4. The summed E-state index contributed by atoms with van der Waals surface area (Å²) in [5, 5.41) is 4.91. The molecule has 0 radical (unpaired) electrons. The van der Waals surface area contributed by atoms with Gasteiger partial charge in [-0.05, 0) is 32.9 Å². The number of aromatic nitrogens is 1. The smallest absolute Gasteiger partial charge is 0.409 e. The minimum Gasteiger partial charge on any atom is -0.450 e. The van der Waals surface area contributed by atoms with Gasteiger partial charge in [-0.15, -0.1) is 0 Å². The molecule has 0 aliphatic carbocycles. The van der Waals surface area contributed by atoms with Gasteiger partial charge in [0.15, 0.2) is 5.76 Å². The van der Waals surface area contributed by atoms with Crippen LogP contribution >= 0.6 is 11.6 Å². The zero-order chi connectivity index (χ0) is 18.7. The van der Waals surface area contributed by atoms with Gasteiger partial charge in [-0.3, -0.25) is 4.90 Å². The first-order valence-corrected chi connectivity index (χ1v) is 9.27. The van der Waals surface area contributed by atoms with Gasteiger partial charge in [-0.2, -0.15) is 0 Å². The average Bonchev–Trinajstić information content (AvgIpc) is 3.11. The molecule has 140 valence electrons. The van der Waals surface area contributed by atoms with Crippen molar-refractivity contribution in [2.45, 2.75) is 32.9 Å². The van der Waals surface area contributed by atoms with Gasteiger partial charge < -0.3 is 14.2 Å². The van der Waals surface area contributed by atoms with E-state index in [4.69, 9.17) is 20.9 Å². The largest absolute Gasteiger partial charge is 0.450 e. The summed E-state index contributed by atoms with van der Waals surface area (Å²) >= 11 is 6.05. The van der Waals surface area contributed by atoms with Gasteiger partial charge in [0, 0.05) is 42.3 Å². The van der Waals surface area contributed by atoms with E-state index >= 15 is 0 Å². The molecule has 3 rings (SSSR count). The van der Waals surface area contributed by atoms with Gasteiger partial charge in [-0.1, -0.05) is 28.9 Å². The maximum absolute atomic E-state index is 11.9. The van der Waals surface area contributed by atoms with Gasteiger partial charge in [0.05, 0.1) is 12.6 Å². The Balaban J connectivity index is 1.68. The molecule has 1 aromatic carbocycles. The molecule has 1 unspecified atom stereocenters. The summed E-state index contributed by atoms with van der Waals surface area (Å²) in [5.74, 6) is 0.701. The molecule has 2 heterocycles. The Morgan fingerprint density at radius 3 is 2.92 bits per heavy atom. The molecule has 0 bridgehead atoms. The highest BCUT2D eigenvalue weighted by atomic mass is 35.5. The van der Waals surface area contributed by atoms with Gasteiger partial charge in [0.25, 0.3) is 0 Å². The van der Waals surface area contributed by atoms with Crippen molar-refractivity contribution in [3.05, 3.63) is 41.0 Å². The minimum absolute atomic E-state index is 0.0889. The molecular formula is C19H24ClN3O3. The summed E-state index contributed by atoms with van der Waals surface area (Å²) in [6.07, 6.45) is -0.240. The molecule has 0 N–H and O–H groups in total. The third-order valence-electron chi connectivity index (χ3n) is 4.77. The third kappa shape index (κ3) is 4.02. The van der Waals surface area contributed by atoms with E-state index in [1.54, 1.807) is 4.90 Å². The second-order valence-electron chi connectivity index (χ2n) is 6.53. The number of nitrogens with zero attached hydrogens (tertiary/aromatic N) is 3. The molecule has 1 fully saturated rings. The topological polar surface area (TPSA) is 58.8 Å². The Labute approximate surface area is 158 Å². The lowest BCUT2D eigenvalue weighted by atomic mass is 10.1. The Kier molecular flexibility index (Phi) is 5.84. The number of carbonyl (C=O) groups is 1. The maximum atomic E-state index is 11.9. The average molecular weight is 378 g/mol. The number of halogens is 1. The van der Waals surface area contributed by atoms with Crippen LogP contribution in [0, 0.1) is 0 Å². The summed E-state index contributed by atoms with van der Waals surface area (Å²) in [7, 11) is 0. The highest BCUT2D eigenvalue weighted by molar-refractivity contribution is 6.30. The minimum atomic E-state index is -0.240. The molecule has 0 spiro atoms. The molecule has 1 saturated heterocycles. The van der Waals surface area contributed by atoms with Crippen molar-refractivity contribution in [3.63, 3.8) is 0 Å². The fraction of sp³-hybridized carbons (Fsp3) is 0.474. The van der Waals surface area contributed by atoms with E-state index in [9.17, 15) is 4.79 Å². The van der Waals surface area contributed by atoms with Crippen molar-refractivity contribution in [1.29, 1.82) is 0 Å². The molecule has 1 amide bonds. The second-order valence-corrected chi connectivity index (χ2v) is 6.97. The Bertz CT molecular complexity index is 764. The van der Waals surface area contributed by atoms with Crippen LogP contribution in [0.1, 0.15) is 32.5 Å². The zero-order valence-electron chi connectivity index (χ0n) is 15.3. The van der Waals surface area contributed by atoms with Crippen LogP contribution in [0.5, 0.6) is 0 Å². The van der Waals surface area contributed by atoms with Gasteiger partial charge >= 0.3 is 6.09 Å². The second kappa shape index (κ2) is 8.10. The highest BCUT2D eigenvalue weighted by Crippen LogP contribution is 2.29. The van der Waals surface area contributed by atoms with E-state index in [2.05, 4.69) is 23.9 Å². The fourth-order valence-electron chi connectivity index (χ4n) is 3.36. The molecular weight excluding hydrogens is 354 g/mol. The number of hydrogen-bond acceptors (Lipinski definition) is 5. The number of benzene rings is 1. The fourth-order valence-corrected chi connectivity index (χ4v) is 3.55. The van der Waals surface area contributed by atoms with Crippen molar-refractivity contribution < 1.29 is 14.1 Å². The van der Waals surface area contributed by atoms with E-state index in [1.807, 2.05) is 37.3 Å². The summed E-state index contributed by atoms with van der Waals surface area (Å²) in [5.41, 5.74) is 1.78. The predicted molar refractivity (Wildman–Crippen MR) is 100 cm³/mol. The van der Waals surface area contributed by atoms with Crippen molar-refractivity contribution in [2.75, 3.05) is 26.2 Å². The summed E-state index contributed by atoms with van der Waals surface area (Å²) in [6, 6.07) is 9.77. The number of ether oxygens (including phenoxy) is 1. The number of carbonyl (C=O) groups excluding carboxylic acids is 1. The van der Waals surface area contributed by atoms with Crippen LogP contribution in [0.25, 0.3) is 11.3 Å². The molecule has 6 nitrogen and oxygen atoms in total. The van der Waals surface area contributed by atoms with Crippen molar-refractivity contribution >= 4 is 17.7 Å². The van der Waals surface area contributed by atoms with Crippen LogP contribution < -0.4 is 0 Å². The van der Waals surface area contributed by atoms with Gasteiger partial charge in [-0.25, -0.2) is 4.79 Å². The lowest BCUT2D eigenvalue weighted by Gasteiger charge is -2.41. The molecule has 1 aromatic heterocycles. The Hall–Kier alpha value is -2.05. The van der Waals surface area contributed by atoms with Crippen LogP contribution in [0.15, 0.2) is 34.9 Å². The van der Waals surface area contributed by atoms with E-state index in [-0.39, 0.29) is 18.2 Å². The first-order chi connectivity index (χ1) is 12.5. The Morgan fingerprint density at radius 2 is 2.23 bits per heavy atom. The molecule has 2 atom stereocenters. The first-order valence-electron chi connectivity index (χ1n) is 8.89. The third-order valence-corrected chi connectivity index (χ3v) is 5.00. The molecule has 2 aromatic rings. The number of amides is 1. The van der Waals surface area contributed by atoms with Crippen molar-refractivity contribution in [1.82, 2.24) is 15.0 Å². The SMILES string of the molecule is CCOC(=O)N1CCN(C(C)c2cc(-c3cccc(Cl)c3)on2)[C@H](C)C1. The van der Waals surface area contributed by atoms with E-state index < -0.39 is 0 Å². The van der Waals surface area contributed by atoms with Crippen LogP contribution in [0.2, 0.25) is 5.02 Å². The van der Waals surface area contributed by atoms with Crippen LogP contribution in [0.3, 0.4) is 0 Å². The molecule has 0 saturated carbocycles. The van der Waals surface area contributed by atoms with Crippen LogP contribution in [-0.2, 0) is 4.74 Å². The van der Waals surface area contributed by atoms with Gasteiger partial charge in [0.2, 0.25) is 0 Å². The van der Waals surface area contributed by atoms with E-state index in [1.165, 1.54) is 0 Å². The molecule has 1 aliphatic heterocycles. The zero-order valence-corrected chi connectivity index (χ0v) is 16.1. The number of hydrogen-bond donors (Lipinski definition) is 0. The summed E-state index contributed by atoms with van der Waals surface area (Å²) in [6.45, 7) is 8.49. The van der Waals surface area contributed by atoms with Crippen molar-refractivity contribution in [2.24, 2.45) is 0 Å². The number of piperazine rings is 1. The highest BCUT2D eigenvalue weighted by Gasteiger charge is 2.31. The normalized spacial score (nSPS) is 19.4. The van der Waals surface area contributed by atoms with E-state index in [0.717, 1.165) is 17.8 Å². The van der Waals surface area contributed by atoms with E-state index in [0.29, 0.717) is 30.5 Å². The van der Waals surface area contributed by atoms with Crippen LogP contribution in [-0.4, -0.2) is 53.3 Å². The maximum Gasteiger partial charge on any atom is 0.409 e. The van der Waals surface area contributed by atoms with Gasteiger partial charge in [0.1, 0.15) is 5.69 Å². The molecule has 26 heavy (non-hydrogen) atoms. The van der Waals surface area contributed by atoms with Crippen LogP contribution in [0.4, 0.5) is 4.79 Å². The van der Waals surface area contributed by atoms with Crippen molar-refractivity contribution in [3.8, 4) is 11.3 Å². The standard InChI is InChI=1S/C19H24ClN3O3/c1-4-25-19(24)22-8-9-23(13(2)12-22)14(3)17-11-18(26-21-17)15-6-5-7-16(20)10-15/h5-7,10-11,13-14H,4,8-9,12H2,1-3H3/t13-,14?/m1/s1. The predicted octanol–water partition coefficient (Wildman–Crippen LogP) is 4.22. The monoisotopic (exact) mass is 377 g/mol. The lowest BCUT2D eigenvalue weighted by Crippen LogP contribution is -2.54. The Morgan fingerprint density at radius 1 is 1.42 bits per heavy atom. The summed E-state index contributed by atoms with van der Waals surface area (Å²) < 4.78 is 10.6.